The minimum atomic E-state index is -0.726. The highest BCUT2D eigenvalue weighted by Gasteiger charge is 2.33. The monoisotopic (exact) mass is 342 g/mol. The second-order valence-electron chi connectivity index (χ2n) is 5.89. The van der Waals surface area contributed by atoms with Crippen LogP contribution < -0.4 is 16.6 Å². The quantitative estimate of drug-likeness (QED) is 0.787. The summed E-state index contributed by atoms with van der Waals surface area (Å²) in [6.45, 7) is 0.570. The Hall–Kier alpha value is -2.80. The van der Waals surface area contributed by atoms with Crippen molar-refractivity contribution in [1.82, 2.24) is 9.88 Å². The Balaban J connectivity index is 1.81. The largest absolute Gasteiger partial charge is 0.368 e. The van der Waals surface area contributed by atoms with Gasteiger partial charge in [-0.05, 0) is 43.1 Å². The number of carbonyl (C=O) groups is 2. The van der Waals surface area contributed by atoms with Crippen LogP contribution in [-0.4, -0.2) is 28.8 Å². The number of rotatable bonds is 5. The summed E-state index contributed by atoms with van der Waals surface area (Å²) in [6, 6.07) is 7.97. The van der Waals surface area contributed by atoms with Crippen molar-refractivity contribution < 1.29 is 14.0 Å². The first-order valence-corrected chi connectivity index (χ1v) is 7.87. The van der Waals surface area contributed by atoms with E-state index >= 15 is 0 Å². The first-order chi connectivity index (χ1) is 12.0. The van der Waals surface area contributed by atoms with Gasteiger partial charge < -0.3 is 11.1 Å². The molecule has 129 valence electrons. The molecule has 0 spiro atoms. The van der Waals surface area contributed by atoms with Crippen LogP contribution in [0.5, 0.6) is 0 Å². The van der Waals surface area contributed by atoms with Gasteiger partial charge in [-0.1, -0.05) is 6.07 Å². The molecule has 1 aromatic carbocycles. The summed E-state index contributed by atoms with van der Waals surface area (Å²) in [5.41, 5.74) is 5.22. The normalized spacial score (nSPS) is 19.7. The molecule has 2 heterocycles. The van der Waals surface area contributed by atoms with Gasteiger partial charge in [-0.3, -0.25) is 19.0 Å². The molecule has 1 aliphatic heterocycles. The molecule has 0 saturated carbocycles. The molecule has 1 aliphatic rings. The molecule has 2 atom stereocenters. The van der Waals surface area contributed by atoms with E-state index in [0.29, 0.717) is 18.7 Å². The van der Waals surface area contributed by atoms with Crippen molar-refractivity contribution in [2.45, 2.75) is 12.5 Å². The van der Waals surface area contributed by atoms with Gasteiger partial charge in [-0.15, -0.1) is 0 Å². The summed E-state index contributed by atoms with van der Waals surface area (Å²) in [5, 5.41) is 2.92. The van der Waals surface area contributed by atoms with E-state index in [1.807, 2.05) is 0 Å². The fraction of sp³-hybridized carbons (Fsp3) is 0.222. The Morgan fingerprint density at radius 3 is 2.76 bits per heavy atom. The number of amides is 1. The van der Waals surface area contributed by atoms with Crippen LogP contribution in [0.15, 0.2) is 47.4 Å². The average molecular weight is 342 g/mol. The highest BCUT2D eigenvalue weighted by molar-refractivity contribution is 6.03. The van der Waals surface area contributed by atoms with Crippen LogP contribution in [0.4, 0.5) is 4.39 Å². The van der Waals surface area contributed by atoms with Crippen molar-refractivity contribution in [3.8, 4) is 5.69 Å². The van der Waals surface area contributed by atoms with Crippen LogP contribution in [0.2, 0.25) is 0 Å². The Kier molecular flexibility index (Phi) is 4.76. The van der Waals surface area contributed by atoms with Gasteiger partial charge in [0.15, 0.2) is 5.78 Å². The number of nitrogens with zero attached hydrogens (tertiary/aromatic N) is 1. The maximum Gasteiger partial charge on any atom is 0.255 e. The molecule has 0 bridgehead atoms. The molecule has 1 radical (unpaired) electrons. The van der Waals surface area contributed by atoms with Gasteiger partial charge in [0.1, 0.15) is 5.82 Å². The van der Waals surface area contributed by atoms with Crippen molar-refractivity contribution in [2.24, 2.45) is 11.7 Å². The fourth-order valence-corrected chi connectivity index (χ4v) is 2.99. The predicted octanol–water partition coefficient (Wildman–Crippen LogP) is 0.827. The van der Waals surface area contributed by atoms with Crippen LogP contribution in [-0.2, 0) is 4.79 Å². The van der Waals surface area contributed by atoms with E-state index in [4.69, 9.17) is 5.73 Å². The van der Waals surface area contributed by atoms with Crippen molar-refractivity contribution >= 4 is 11.7 Å². The van der Waals surface area contributed by atoms with E-state index in [0.717, 1.165) is 6.07 Å². The Morgan fingerprint density at radius 1 is 1.28 bits per heavy atom. The molecule has 1 fully saturated rings. The molecule has 2 unspecified atom stereocenters. The maximum absolute atomic E-state index is 14.4. The highest BCUT2D eigenvalue weighted by Crippen LogP contribution is 2.22. The molecule has 1 saturated heterocycles. The van der Waals surface area contributed by atoms with Crippen molar-refractivity contribution in [2.75, 3.05) is 6.54 Å². The third-order valence-electron chi connectivity index (χ3n) is 4.26. The van der Waals surface area contributed by atoms with Crippen LogP contribution in [0.25, 0.3) is 5.69 Å². The number of carbonyl (C=O) groups excluding carboxylic acids is 2. The minimum absolute atomic E-state index is 0.108. The van der Waals surface area contributed by atoms with Gasteiger partial charge in [0.25, 0.3) is 5.56 Å². The molecule has 2 aromatic rings. The molecule has 1 aromatic heterocycles. The summed E-state index contributed by atoms with van der Waals surface area (Å²) in [7, 11) is 0. The Labute approximate surface area is 143 Å². The van der Waals surface area contributed by atoms with Gasteiger partial charge >= 0.3 is 0 Å². The lowest BCUT2D eigenvalue weighted by molar-refractivity contribution is -0.120. The number of halogens is 1. The molecule has 3 N–H and O–H groups in total. The molecule has 6 nitrogen and oxygen atoms in total. The average Bonchev–Trinajstić information content (AvgIpc) is 3.03. The van der Waals surface area contributed by atoms with Crippen LogP contribution >= 0.6 is 0 Å². The van der Waals surface area contributed by atoms with E-state index in [1.54, 1.807) is 12.1 Å². The number of pyridine rings is 1. The number of nitrogens with two attached hydrogens (primary N) is 1. The highest BCUT2D eigenvalue weighted by atomic mass is 19.1. The van der Waals surface area contributed by atoms with E-state index in [-0.39, 0.29) is 17.0 Å². The van der Waals surface area contributed by atoms with Crippen LogP contribution in [0.3, 0.4) is 0 Å². The smallest absolute Gasteiger partial charge is 0.255 e. The standard InChI is InChI=1S/C18H17FN3O3/c19-14-10-12(22-8-2-1-3-16(22)24)4-5-13(14)15(23)9-11-6-7-21-17(11)18(20)25/h1-5,8-11,17,21H,6-7H2,(H2,20,25). The number of Topliss-reactive ketones (excluding diaryl/α,β-unsaturated/α-hetero) is 1. The summed E-state index contributed by atoms with van der Waals surface area (Å²) in [6.07, 6.45) is 3.44. The van der Waals surface area contributed by atoms with Gasteiger partial charge in [-0.25, -0.2) is 4.39 Å². The summed E-state index contributed by atoms with van der Waals surface area (Å²) >= 11 is 0. The van der Waals surface area contributed by atoms with Crippen molar-refractivity contribution in [3.05, 3.63) is 70.8 Å². The lowest BCUT2D eigenvalue weighted by Gasteiger charge is -2.15. The molecular weight excluding hydrogens is 325 g/mol. The zero-order valence-electron chi connectivity index (χ0n) is 13.3. The minimum Gasteiger partial charge on any atom is -0.368 e. The summed E-state index contributed by atoms with van der Waals surface area (Å²) in [5.74, 6) is -2.13. The van der Waals surface area contributed by atoms with Gasteiger partial charge in [0.05, 0.1) is 17.3 Å². The number of benzene rings is 1. The number of aromatic nitrogens is 1. The molecule has 1 amide bonds. The summed E-state index contributed by atoms with van der Waals surface area (Å²) < 4.78 is 15.7. The molecule has 0 aliphatic carbocycles. The molecule has 25 heavy (non-hydrogen) atoms. The third kappa shape index (κ3) is 3.51. The van der Waals surface area contributed by atoms with E-state index in [9.17, 15) is 18.8 Å². The number of ketones is 1. The van der Waals surface area contributed by atoms with Gasteiger partial charge in [0.2, 0.25) is 5.91 Å². The van der Waals surface area contributed by atoms with Crippen LogP contribution in [0, 0.1) is 18.2 Å². The van der Waals surface area contributed by atoms with Crippen molar-refractivity contribution in [3.63, 3.8) is 0 Å². The zero-order valence-corrected chi connectivity index (χ0v) is 13.3. The molecule has 3 rings (SSSR count). The van der Waals surface area contributed by atoms with E-state index in [2.05, 4.69) is 5.32 Å². The molecule has 7 heteroatoms. The van der Waals surface area contributed by atoms with E-state index < -0.39 is 23.5 Å². The third-order valence-corrected chi connectivity index (χ3v) is 4.26. The second-order valence-corrected chi connectivity index (χ2v) is 5.89. The number of hydrogen-bond donors (Lipinski definition) is 2. The topological polar surface area (TPSA) is 94.2 Å². The Morgan fingerprint density at radius 2 is 2.08 bits per heavy atom. The second kappa shape index (κ2) is 6.98. The number of primary amides is 1. The fourth-order valence-electron chi connectivity index (χ4n) is 2.99. The van der Waals surface area contributed by atoms with Crippen LogP contribution in [0.1, 0.15) is 16.8 Å². The molecular formula is C18H17FN3O3. The number of hydrogen-bond acceptors (Lipinski definition) is 4. The first-order valence-electron chi connectivity index (χ1n) is 7.87. The predicted molar refractivity (Wildman–Crippen MR) is 89.7 cm³/mol. The van der Waals surface area contributed by atoms with Crippen molar-refractivity contribution in [1.29, 1.82) is 0 Å². The summed E-state index contributed by atoms with van der Waals surface area (Å²) in [4.78, 5) is 35.5. The lowest BCUT2D eigenvalue weighted by Crippen LogP contribution is -2.41. The van der Waals surface area contributed by atoms with E-state index in [1.165, 1.54) is 35.4 Å². The first kappa shape index (κ1) is 17.0. The SMILES string of the molecule is NC(=O)C1NCCC1[CH]C(=O)c1ccc(-n2ccccc2=O)cc1F. The van der Waals surface area contributed by atoms with Gasteiger partial charge in [0, 0.05) is 18.7 Å². The Bertz CT molecular complexity index is 878. The lowest BCUT2D eigenvalue weighted by atomic mass is 9.91. The number of nitrogens with one attached hydrogen (secondary N) is 1. The zero-order chi connectivity index (χ0) is 18.0. The van der Waals surface area contributed by atoms with Gasteiger partial charge in [-0.2, -0.15) is 0 Å². The maximum atomic E-state index is 14.4.